The maximum absolute atomic E-state index is 11.4. The minimum Gasteiger partial charge on any atom is -0.481 e. The quantitative estimate of drug-likeness (QED) is 0.481. The van der Waals surface area contributed by atoms with E-state index in [9.17, 15) is 18.0 Å². The summed E-state index contributed by atoms with van der Waals surface area (Å²) in [5.74, 6) is -2.73. The van der Waals surface area contributed by atoms with E-state index < -0.39 is 28.0 Å². The number of methoxy groups -OCH3 is 1. The van der Waals surface area contributed by atoms with E-state index in [4.69, 9.17) is 10.2 Å². The molecule has 8 nitrogen and oxygen atoms in total. The van der Waals surface area contributed by atoms with Gasteiger partial charge in [-0.25, -0.2) is 13.1 Å². The van der Waals surface area contributed by atoms with Gasteiger partial charge in [0, 0.05) is 13.5 Å². The zero-order valence-corrected chi connectivity index (χ0v) is 10.8. The molecule has 0 aliphatic rings. The summed E-state index contributed by atoms with van der Waals surface area (Å²) in [6.45, 7) is -0.0448. The summed E-state index contributed by atoms with van der Waals surface area (Å²) in [7, 11) is -2.41. The first-order valence-corrected chi connectivity index (χ1v) is 6.87. The fourth-order valence-corrected chi connectivity index (χ4v) is 2.32. The van der Waals surface area contributed by atoms with Crippen molar-refractivity contribution in [1.29, 1.82) is 0 Å². The molecule has 0 spiro atoms. The van der Waals surface area contributed by atoms with E-state index in [1.165, 1.54) is 7.11 Å². The minimum absolute atomic E-state index is 0.0448. The van der Waals surface area contributed by atoms with E-state index >= 15 is 0 Å². The highest BCUT2D eigenvalue weighted by molar-refractivity contribution is 7.89. The molecule has 0 fully saturated rings. The summed E-state index contributed by atoms with van der Waals surface area (Å²) >= 11 is 0. The van der Waals surface area contributed by atoms with Crippen LogP contribution in [0.4, 0.5) is 0 Å². The van der Waals surface area contributed by atoms with Crippen molar-refractivity contribution in [3.63, 3.8) is 0 Å². The van der Waals surface area contributed by atoms with Crippen LogP contribution in [-0.4, -0.2) is 56.1 Å². The van der Waals surface area contributed by atoms with Crippen molar-refractivity contribution in [3.8, 4) is 0 Å². The van der Waals surface area contributed by atoms with Gasteiger partial charge in [0.05, 0.1) is 12.4 Å². The molecule has 0 aromatic heterocycles. The molecular weight excluding hydrogens is 266 g/mol. The molecule has 0 aromatic rings. The fraction of sp³-hybridized carbons (Fsp3) is 0.778. The van der Waals surface area contributed by atoms with Crippen molar-refractivity contribution in [2.75, 3.05) is 19.5 Å². The fourth-order valence-electron chi connectivity index (χ4n) is 1.16. The van der Waals surface area contributed by atoms with Gasteiger partial charge in [0.2, 0.25) is 10.0 Å². The molecule has 0 aliphatic carbocycles. The Morgan fingerprint density at radius 3 is 2.39 bits per heavy atom. The topological polar surface area (TPSA) is 130 Å². The van der Waals surface area contributed by atoms with Crippen LogP contribution in [0.5, 0.6) is 0 Å². The summed E-state index contributed by atoms with van der Waals surface area (Å²) in [5.41, 5.74) is 0. The molecule has 0 unspecified atom stereocenters. The van der Waals surface area contributed by atoms with Gasteiger partial charge < -0.3 is 14.9 Å². The van der Waals surface area contributed by atoms with Gasteiger partial charge in [-0.05, 0) is 12.8 Å². The number of carboxylic acid groups (broad SMARTS) is 2. The Balaban J connectivity index is 4.35. The molecule has 0 aliphatic heterocycles. The number of carbonyl (C=O) groups is 2. The third kappa shape index (κ3) is 7.98. The van der Waals surface area contributed by atoms with Crippen LogP contribution in [0.15, 0.2) is 0 Å². The highest BCUT2D eigenvalue weighted by atomic mass is 32.2. The molecule has 3 N–H and O–H groups in total. The number of ether oxygens (including phenoxy) is 1. The lowest BCUT2D eigenvalue weighted by Gasteiger charge is -2.14. The maximum Gasteiger partial charge on any atom is 0.321 e. The smallest absolute Gasteiger partial charge is 0.321 e. The molecule has 106 valence electrons. The second-order valence-corrected chi connectivity index (χ2v) is 5.48. The number of carboxylic acids is 2. The average molecular weight is 283 g/mol. The highest BCUT2D eigenvalue weighted by Crippen LogP contribution is 2.03. The molecular formula is C9H17NO7S. The molecule has 0 bridgehead atoms. The van der Waals surface area contributed by atoms with Crippen molar-refractivity contribution >= 4 is 22.0 Å². The first kappa shape index (κ1) is 16.8. The van der Waals surface area contributed by atoms with Crippen molar-refractivity contribution in [1.82, 2.24) is 4.72 Å². The first-order chi connectivity index (χ1) is 8.28. The van der Waals surface area contributed by atoms with Crippen molar-refractivity contribution in [3.05, 3.63) is 0 Å². The molecule has 0 aromatic carbocycles. The Labute approximate surface area is 105 Å². The number of hydrogen-bond donors (Lipinski definition) is 3. The molecule has 9 heteroatoms. The predicted molar refractivity (Wildman–Crippen MR) is 61.7 cm³/mol. The van der Waals surface area contributed by atoms with E-state index in [1.807, 2.05) is 4.72 Å². The van der Waals surface area contributed by atoms with Crippen LogP contribution < -0.4 is 4.72 Å². The second-order valence-electron chi connectivity index (χ2n) is 3.61. The Bertz CT molecular complexity index is 378. The lowest BCUT2D eigenvalue weighted by molar-refractivity contribution is -0.140. The molecule has 1 atom stereocenters. The number of hydrogen-bond acceptors (Lipinski definition) is 5. The molecule has 0 amide bonds. The molecule has 0 heterocycles. The summed E-state index contributed by atoms with van der Waals surface area (Å²) in [4.78, 5) is 21.1. The molecule has 0 rings (SSSR count). The van der Waals surface area contributed by atoms with Gasteiger partial charge in [-0.15, -0.1) is 0 Å². The Morgan fingerprint density at radius 1 is 1.33 bits per heavy atom. The van der Waals surface area contributed by atoms with Gasteiger partial charge in [0.25, 0.3) is 0 Å². The summed E-state index contributed by atoms with van der Waals surface area (Å²) in [6, 6.07) is -1.31. The lowest BCUT2D eigenvalue weighted by atomic mass is 10.1. The predicted octanol–water partition coefficient (Wildman–Crippen LogP) is -0.740. The average Bonchev–Trinajstić information content (AvgIpc) is 2.24. The van der Waals surface area contributed by atoms with Gasteiger partial charge in [0.1, 0.15) is 6.04 Å². The third-order valence-corrected chi connectivity index (χ3v) is 3.41. The van der Waals surface area contributed by atoms with Gasteiger partial charge in [0.15, 0.2) is 0 Å². The Kier molecular flexibility index (Phi) is 7.48. The molecule has 0 saturated heterocycles. The number of sulfonamides is 1. The zero-order chi connectivity index (χ0) is 14.2. The summed E-state index contributed by atoms with van der Waals surface area (Å²) in [6.07, 6.45) is -0.198. The van der Waals surface area contributed by atoms with Gasteiger partial charge >= 0.3 is 11.9 Å². The SMILES string of the molecule is COCCS(=O)(=O)N[C@H](CCCC(=O)O)C(=O)O. The van der Waals surface area contributed by atoms with E-state index in [0.717, 1.165) is 0 Å². The van der Waals surface area contributed by atoms with Crippen LogP contribution in [0.25, 0.3) is 0 Å². The van der Waals surface area contributed by atoms with Crippen LogP contribution in [-0.2, 0) is 24.3 Å². The van der Waals surface area contributed by atoms with E-state index in [0.29, 0.717) is 0 Å². The van der Waals surface area contributed by atoms with E-state index in [1.54, 1.807) is 0 Å². The van der Waals surface area contributed by atoms with Gasteiger partial charge in [-0.2, -0.15) is 0 Å². The molecule has 0 saturated carbocycles. The monoisotopic (exact) mass is 283 g/mol. The third-order valence-electron chi connectivity index (χ3n) is 2.06. The molecule has 0 radical (unpaired) electrons. The van der Waals surface area contributed by atoms with Crippen LogP contribution in [0.1, 0.15) is 19.3 Å². The van der Waals surface area contributed by atoms with Gasteiger partial charge in [-0.1, -0.05) is 0 Å². The van der Waals surface area contributed by atoms with Gasteiger partial charge in [-0.3, -0.25) is 9.59 Å². The van der Waals surface area contributed by atoms with Crippen molar-refractivity contribution < 1.29 is 33.0 Å². The minimum atomic E-state index is -3.74. The second kappa shape index (κ2) is 8.01. The van der Waals surface area contributed by atoms with Crippen molar-refractivity contribution in [2.24, 2.45) is 0 Å². The highest BCUT2D eigenvalue weighted by Gasteiger charge is 2.23. The van der Waals surface area contributed by atoms with Crippen LogP contribution in [0, 0.1) is 0 Å². The van der Waals surface area contributed by atoms with Crippen LogP contribution in [0.2, 0.25) is 0 Å². The van der Waals surface area contributed by atoms with Crippen LogP contribution in [0.3, 0.4) is 0 Å². The Morgan fingerprint density at radius 2 is 1.94 bits per heavy atom. The summed E-state index contributed by atoms with van der Waals surface area (Å²) < 4.78 is 29.5. The first-order valence-electron chi connectivity index (χ1n) is 5.22. The lowest BCUT2D eigenvalue weighted by Crippen LogP contribution is -2.42. The maximum atomic E-state index is 11.4. The largest absolute Gasteiger partial charge is 0.481 e. The van der Waals surface area contributed by atoms with Crippen LogP contribution >= 0.6 is 0 Å². The van der Waals surface area contributed by atoms with E-state index in [-0.39, 0.29) is 31.6 Å². The summed E-state index contributed by atoms with van der Waals surface area (Å²) in [5, 5.41) is 17.2. The zero-order valence-electron chi connectivity index (χ0n) is 9.96. The number of rotatable bonds is 10. The normalized spacial score (nSPS) is 13.2. The standard InChI is InChI=1S/C9H17NO7S/c1-17-5-6-18(15,16)10-7(9(13)14)3-2-4-8(11)12/h7,10H,2-6H2,1H3,(H,11,12)(H,13,14)/t7-/m1/s1. The number of aliphatic carboxylic acids is 2. The van der Waals surface area contributed by atoms with Crippen molar-refractivity contribution in [2.45, 2.75) is 25.3 Å². The Hall–Kier alpha value is -1.19. The van der Waals surface area contributed by atoms with E-state index in [2.05, 4.69) is 4.74 Å². The molecule has 18 heavy (non-hydrogen) atoms. The number of nitrogens with one attached hydrogen (secondary N) is 1.